The second-order valence-corrected chi connectivity index (χ2v) is 13.9. The molecule has 0 bridgehead atoms. The van der Waals surface area contributed by atoms with Gasteiger partial charge in [0, 0.05) is 20.5 Å². The topological polar surface area (TPSA) is 66.4 Å². The highest BCUT2D eigenvalue weighted by Gasteiger charge is 2.39. The molecule has 5 aromatic carbocycles. The van der Waals surface area contributed by atoms with Crippen LogP contribution in [0.25, 0.3) is 42.0 Å². The molecule has 0 saturated heterocycles. The molecule has 4 heterocycles. The Morgan fingerprint density at radius 3 is 1.42 bits per heavy atom. The zero-order valence-corrected chi connectivity index (χ0v) is 26.8. The van der Waals surface area contributed by atoms with E-state index in [0.29, 0.717) is 22.8 Å². The number of thiophene rings is 2. The number of rotatable bonds is 3. The standard InChI is InChI=1S/C40H22N4O2S2/c45-37-27(38(46)29-20-24-10-2-1-9-23(24)19-28(29)37)17-18-34-43(35-21-25-11-3-7-15-32(25)47-35)39-40(42-31-14-6-5-13-30(31)41-39)44(34)36-22-26-12-4-8-16-33(26)48-36/h1-22H. The number of allylic oxidation sites excluding steroid dienone is 3. The monoisotopic (exact) mass is 654 g/mol. The summed E-state index contributed by atoms with van der Waals surface area (Å²) in [6.07, 6.45) is 3.55. The average Bonchev–Trinajstić information content (AvgIpc) is 3.86. The van der Waals surface area contributed by atoms with Crippen LogP contribution in [-0.2, 0) is 0 Å². The Morgan fingerprint density at radius 1 is 0.500 bits per heavy atom. The number of benzene rings is 5. The van der Waals surface area contributed by atoms with Crippen molar-refractivity contribution in [1.82, 2.24) is 9.97 Å². The molecule has 2 aliphatic rings. The zero-order valence-electron chi connectivity index (χ0n) is 25.1. The highest BCUT2D eigenvalue weighted by Crippen LogP contribution is 2.52. The van der Waals surface area contributed by atoms with Gasteiger partial charge in [0.25, 0.3) is 0 Å². The Morgan fingerprint density at radius 2 is 0.938 bits per heavy atom. The molecule has 0 unspecified atom stereocenters. The van der Waals surface area contributed by atoms with E-state index in [1.165, 1.54) is 0 Å². The summed E-state index contributed by atoms with van der Waals surface area (Å²) in [5.74, 6) is 1.56. The van der Waals surface area contributed by atoms with Crippen molar-refractivity contribution in [3.05, 3.63) is 156 Å². The number of ketones is 2. The van der Waals surface area contributed by atoms with Crippen molar-refractivity contribution in [2.75, 3.05) is 9.80 Å². The van der Waals surface area contributed by atoms with E-state index in [1.807, 2.05) is 91.0 Å². The number of anilines is 4. The van der Waals surface area contributed by atoms with Crippen molar-refractivity contribution in [2.45, 2.75) is 0 Å². The summed E-state index contributed by atoms with van der Waals surface area (Å²) >= 11 is 3.32. The Balaban J connectivity index is 1.22. The summed E-state index contributed by atoms with van der Waals surface area (Å²) in [6, 6.07) is 40.2. The minimum absolute atomic E-state index is 0.141. The SMILES string of the molecule is O=C1C(=CC=C2N(c3cc4ccccc4s3)c3nc4ccccc4nc3N2c2cc3ccccc3s2)C(=O)c2cc3ccccc3cc21. The molecule has 3 aromatic heterocycles. The lowest BCUT2D eigenvalue weighted by molar-refractivity contribution is 0.0988. The molecule has 8 aromatic rings. The van der Waals surface area contributed by atoms with Crippen LogP contribution in [0.1, 0.15) is 20.7 Å². The Kier molecular flexibility index (Phi) is 5.82. The van der Waals surface area contributed by atoms with Crippen LogP contribution in [0.5, 0.6) is 0 Å². The molecule has 48 heavy (non-hydrogen) atoms. The van der Waals surface area contributed by atoms with E-state index >= 15 is 0 Å². The predicted octanol–water partition coefficient (Wildman–Crippen LogP) is 10.3. The van der Waals surface area contributed by atoms with Gasteiger partial charge in [0.05, 0.1) is 16.6 Å². The molecule has 1 aliphatic carbocycles. The Bertz CT molecular complexity index is 2510. The number of nitrogens with zero attached hydrogens (tertiary/aromatic N) is 4. The third-order valence-corrected chi connectivity index (χ3v) is 11.1. The van der Waals surface area contributed by atoms with Gasteiger partial charge in [0.2, 0.25) is 0 Å². The first kappa shape index (κ1) is 27.2. The molecule has 8 heteroatoms. The van der Waals surface area contributed by atoms with E-state index in [1.54, 1.807) is 28.7 Å². The minimum Gasteiger partial charge on any atom is -0.288 e. The molecular weight excluding hydrogens is 633 g/mol. The van der Waals surface area contributed by atoms with E-state index in [9.17, 15) is 9.59 Å². The fourth-order valence-corrected chi connectivity index (χ4v) is 8.80. The predicted molar refractivity (Wildman–Crippen MR) is 196 cm³/mol. The van der Waals surface area contributed by atoms with Crippen molar-refractivity contribution < 1.29 is 9.59 Å². The molecule has 0 radical (unpaired) electrons. The largest absolute Gasteiger partial charge is 0.288 e. The molecule has 0 atom stereocenters. The van der Waals surface area contributed by atoms with Crippen LogP contribution >= 0.6 is 22.7 Å². The van der Waals surface area contributed by atoms with Crippen molar-refractivity contribution in [3.8, 4) is 0 Å². The molecule has 6 nitrogen and oxygen atoms in total. The number of carbonyl (C=O) groups excluding carboxylic acids is 2. The van der Waals surface area contributed by atoms with Gasteiger partial charge in [-0.1, -0.05) is 72.8 Å². The van der Waals surface area contributed by atoms with Crippen LogP contribution in [-0.4, -0.2) is 21.5 Å². The molecule has 0 amide bonds. The average molecular weight is 655 g/mol. The summed E-state index contributed by atoms with van der Waals surface area (Å²) < 4.78 is 2.29. The van der Waals surface area contributed by atoms with E-state index < -0.39 is 0 Å². The number of hydrogen-bond donors (Lipinski definition) is 0. The third kappa shape index (κ3) is 4.03. The first-order valence-electron chi connectivity index (χ1n) is 15.5. The number of carbonyl (C=O) groups is 2. The summed E-state index contributed by atoms with van der Waals surface area (Å²) in [4.78, 5) is 42.2. The van der Waals surface area contributed by atoms with Gasteiger partial charge in [-0.25, -0.2) is 9.97 Å². The summed E-state index contributed by atoms with van der Waals surface area (Å²) in [7, 11) is 0. The van der Waals surface area contributed by atoms with Gasteiger partial charge in [-0.3, -0.25) is 19.4 Å². The number of fused-ring (bicyclic) bond motifs is 6. The van der Waals surface area contributed by atoms with Gasteiger partial charge in [-0.2, -0.15) is 0 Å². The normalized spacial score (nSPS) is 14.2. The molecule has 0 fully saturated rings. The van der Waals surface area contributed by atoms with Crippen LogP contribution in [0.3, 0.4) is 0 Å². The van der Waals surface area contributed by atoms with Crippen LogP contribution in [0, 0.1) is 0 Å². The lowest BCUT2D eigenvalue weighted by Crippen LogP contribution is -2.20. The molecule has 226 valence electrons. The third-order valence-electron chi connectivity index (χ3n) is 8.95. The molecular formula is C40H22N4O2S2. The Labute approximate surface area is 282 Å². The summed E-state index contributed by atoms with van der Waals surface area (Å²) in [5, 5.41) is 6.01. The van der Waals surface area contributed by atoms with Crippen molar-refractivity contribution in [3.63, 3.8) is 0 Å². The van der Waals surface area contributed by atoms with Crippen molar-refractivity contribution in [1.29, 1.82) is 0 Å². The number of hydrogen-bond acceptors (Lipinski definition) is 8. The van der Waals surface area contributed by atoms with Gasteiger partial charge in [-0.05, 0) is 82.2 Å². The fourth-order valence-electron chi connectivity index (χ4n) is 6.66. The number of Topliss-reactive ketones (excluding diaryl/α,β-unsaturated/α-hetero) is 2. The van der Waals surface area contributed by atoms with E-state index in [2.05, 4.69) is 46.2 Å². The van der Waals surface area contributed by atoms with Crippen molar-refractivity contribution >= 4 is 97.9 Å². The maximum Gasteiger partial charge on any atom is 0.197 e. The molecule has 0 spiro atoms. The van der Waals surface area contributed by atoms with Crippen molar-refractivity contribution in [2.24, 2.45) is 0 Å². The summed E-state index contributed by atoms with van der Waals surface area (Å²) in [6.45, 7) is 0. The van der Waals surface area contributed by atoms with E-state index in [-0.39, 0.29) is 17.1 Å². The van der Waals surface area contributed by atoms with Crippen LogP contribution in [0.2, 0.25) is 0 Å². The smallest absolute Gasteiger partial charge is 0.197 e. The lowest BCUT2D eigenvalue weighted by Gasteiger charge is -2.22. The van der Waals surface area contributed by atoms with Gasteiger partial charge in [-0.15, -0.1) is 22.7 Å². The van der Waals surface area contributed by atoms with Crippen LogP contribution < -0.4 is 9.80 Å². The molecule has 0 saturated carbocycles. The van der Waals surface area contributed by atoms with Gasteiger partial charge in [0.15, 0.2) is 23.2 Å². The maximum absolute atomic E-state index is 13.8. The Hall–Kier alpha value is -5.96. The number of para-hydroxylation sites is 2. The minimum atomic E-state index is -0.267. The quantitative estimate of drug-likeness (QED) is 0.140. The van der Waals surface area contributed by atoms with Gasteiger partial charge in [0.1, 0.15) is 15.8 Å². The maximum atomic E-state index is 13.8. The van der Waals surface area contributed by atoms with Gasteiger partial charge >= 0.3 is 0 Å². The molecule has 1 aliphatic heterocycles. The second kappa shape index (κ2) is 10.3. The first-order valence-corrected chi connectivity index (χ1v) is 17.1. The number of aromatic nitrogens is 2. The van der Waals surface area contributed by atoms with Gasteiger partial charge < -0.3 is 0 Å². The molecule has 10 rings (SSSR count). The highest BCUT2D eigenvalue weighted by atomic mass is 32.1. The lowest BCUT2D eigenvalue weighted by atomic mass is 10.0. The zero-order chi connectivity index (χ0) is 31.9. The first-order chi connectivity index (χ1) is 23.6. The van der Waals surface area contributed by atoms with E-state index in [0.717, 1.165) is 57.8 Å². The molecule has 0 N–H and O–H groups in total. The summed E-state index contributed by atoms with van der Waals surface area (Å²) in [5.41, 5.74) is 2.58. The second-order valence-electron chi connectivity index (χ2n) is 11.8. The highest BCUT2D eigenvalue weighted by molar-refractivity contribution is 7.23. The van der Waals surface area contributed by atoms with Crippen LogP contribution in [0.15, 0.2) is 145 Å². The fraction of sp³-hybridized carbons (Fsp3) is 0. The van der Waals surface area contributed by atoms with Crippen LogP contribution in [0.4, 0.5) is 21.6 Å². The van der Waals surface area contributed by atoms with E-state index in [4.69, 9.17) is 9.97 Å².